The number of ether oxygens (including phenoxy) is 1. The van der Waals surface area contributed by atoms with Crippen LogP contribution in [0.15, 0.2) is 36.7 Å². The zero-order valence-electron chi connectivity index (χ0n) is 12.9. The fourth-order valence-electron chi connectivity index (χ4n) is 3.00. The third kappa shape index (κ3) is 2.46. The van der Waals surface area contributed by atoms with Gasteiger partial charge in [-0.25, -0.2) is 0 Å². The van der Waals surface area contributed by atoms with Crippen LogP contribution in [0.4, 0.5) is 24.5 Å². The molecule has 2 heterocycles. The summed E-state index contributed by atoms with van der Waals surface area (Å²) < 4.78 is 44.2. The Labute approximate surface area is 132 Å². The van der Waals surface area contributed by atoms with Crippen molar-refractivity contribution < 1.29 is 17.9 Å². The normalized spacial score (nSPS) is 17.4. The second kappa shape index (κ2) is 5.33. The average molecular weight is 323 g/mol. The highest BCUT2D eigenvalue weighted by Crippen LogP contribution is 2.47. The van der Waals surface area contributed by atoms with Crippen molar-refractivity contribution in [3.8, 4) is 5.75 Å². The van der Waals surface area contributed by atoms with Gasteiger partial charge in [0, 0.05) is 25.9 Å². The van der Waals surface area contributed by atoms with E-state index in [0.29, 0.717) is 11.4 Å². The molecule has 0 spiro atoms. The maximum absolute atomic E-state index is 13.0. The van der Waals surface area contributed by atoms with Crippen LogP contribution in [0, 0.1) is 0 Å². The Balaban J connectivity index is 2.07. The number of aromatic nitrogens is 1. The molecular weight excluding hydrogens is 307 g/mol. The Kier molecular flexibility index (Phi) is 3.58. The Morgan fingerprint density at radius 2 is 1.78 bits per heavy atom. The molecule has 1 aromatic carbocycles. The Morgan fingerprint density at radius 3 is 2.43 bits per heavy atom. The number of alkyl halides is 3. The van der Waals surface area contributed by atoms with Crippen LogP contribution in [0.5, 0.6) is 5.75 Å². The first-order chi connectivity index (χ1) is 10.8. The number of nitrogens with zero attached hydrogens (tertiary/aromatic N) is 3. The van der Waals surface area contributed by atoms with E-state index < -0.39 is 11.7 Å². The lowest BCUT2D eigenvalue weighted by Gasteiger charge is -2.29. The number of methoxy groups -OCH3 is 1. The van der Waals surface area contributed by atoms with Gasteiger partial charge in [0.2, 0.25) is 0 Å². The zero-order chi connectivity index (χ0) is 16.8. The van der Waals surface area contributed by atoms with Crippen LogP contribution < -0.4 is 14.5 Å². The van der Waals surface area contributed by atoms with E-state index in [1.54, 1.807) is 26.6 Å². The number of benzene rings is 1. The molecule has 0 N–H and O–H groups in total. The second-order valence-electron chi connectivity index (χ2n) is 5.41. The molecular formula is C16H16F3N3O. The maximum atomic E-state index is 13.0. The minimum Gasteiger partial charge on any atom is -0.495 e. The van der Waals surface area contributed by atoms with Crippen molar-refractivity contribution in [2.24, 2.45) is 0 Å². The average Bonchev–Trinajstić information content (AvgIpc) is 2.77. The van der Waals surface area contributed by atoms with Gasteiger partial charge in [0.25, 0.3) is 0 Å². The summed E-state index contributed by atoms with van der Waals surface area (Å²) in [5.41, 5.74) is 1.46. The Hall–Kier alpha value is -2.44. The molecule has 1 atom stereocenters. The van der Waals surface area contributed by atoms with Gasteiger partial charge in [-0.1, -0.05) is 0 Å². The first kappa shape index (κ1) is 15.5. The van der Waals surface area contributed by atoms with Crippen molar-refractivity contribution in [3.63, 3.8) is 0 Å². The van der Waals surface area contributed by atoms with Gasteiger partial charge >= 0.3 is 6.18 Å². The predicted molar refractivity (Wildman–Crippen MR) is 81.8 cm³/mol. The number of anilines is 2. The fraction of sp³-hybridized carbons (Fsp3) is 0.312. The van der Waals surface area contributed by atoms with E-state index in [9.17, 15) is 13.2 Å². The van der Waals surface area contributed by atoms with Crippen LogP contribution in [0.3, 0.4) is 0 Å². The molecule has 0 amide bonds. The molecule has 0 aliphatic carbocycles. The van der Waals surface area contributed by atoms with E-state index in [1.165, 1.54) is 12.1 Å². The number of rotatable bonds is 2. The lowest BCUT2D eigenvalue weighted by molar-refractivity contribution is -0.137. The van der Waals surface area contributed by atoms with Gasteiger partial charge in [0.05, 0.1) is 30.2 Å². The maximum Gasteiger partial charge on any atom is 0.416 e. The first-order valence-corrected chi connectivity index (χ1v) is 6.99. The van der Waals surface area contributed by atoms with Gasteiger partial charge in [-0.3, -0.25) is 4.98 Å². The minimum atomic E-state index is -4.36. The Morgan fingerprint density at radius 1 is 1.09 bits per heavy atom. The standard InChI is InChI=1S/C16H16F3N3O/c1-21-12-5-4-10(16(17,18)19)8-13(12)22(2)15(21)11-6-7-20-9-14(11)23-3/h4-9,15H,1-3H3. The number of fused-ring (bicyclic) bond motifs is 1. The van der Waals surface area contributed by atoms with Crippen LogP contribution >= 0.6 is 0 Å². The highest BCUT2D eigenvalue weighted by atomic mass is 19.4. The van der Waals surface area contributed by atoms with Gasteiger partial charge in [-0.2, -0.15) is 13.2 Å². The molecule has 7 heteroatoms. The molecule has 1 unspecified atom stereocenters. The lowest BCUT2D eigenvalue weighted by Crippen LogP contribution is -2.30. The van der Waals surface area contributed by atoms with Crippen molar-refractivity contribution in [3.05, 3.63) is 47.8 Å². The molecule has 4 nitrogen and oxygen atoms in total. The minimum absolute atomic E-state index is 0.258. The van der Waals surface area contributed by atoms with Gasteiger partial charge in [-0.05, 0) is 24.3 Å². The van der Waals surface area contributed by atoms with Crippen molar-refractivity contribution >= 4 is 11.4 Å². The summed E-state index contributed by atoms with van der Waals surface area (Å²) in [5, 5.41) is 0. The van der Waals surface area contributed by atoms with Crippen LogP contribution in [0.25, 0.3) is 0 Å². The summed E-state index contributed by atoms with van der Waals surface area (Å²) in [6, 6.07) is 5.60. The molecule has 0 saturated carbocycles. The highest BCUT2D eigenvalue weighted by Gasteiger charge is 2.37. The predicted octanol–water partition coefficient (Wildman–Crippen LogP) is 3.69. The molecule has 1 aromatic heterocycles. The number of pyridine rings is 1. The van der Waals surface area contributed by atoms with Gasteiger partial charge in [0.1, 0.15) is 11.9 Å². The molecule has 23 heavy (non-hydrogen) atoms. The van der Waals surface area contributed by atoms with Crippen LogP contribution in [-0.4, -0.2) is 26.2 Å². The highest BCUT2D eigenvalue weighted by molar-refractivity contribution is 5.79. The lowest BCUT2D eigenvalue weighted by atomic mass is 10.1. The van der Waals surface area contributed by atoms with Crippen LogP contribution in [0.2, 0.25) is 0 Å². The fourth-order valence-corrected chi connectivity index (χ4v) is 3.00. The third-order valence-corrected chi connectivity index (χ3v) is 4.11. The number of hydrogen-bond donors (Lipinski definition) is 0. The van der Waals surface area contributed by atoms with Crippen LogP contribution in [-0.2, 0) is 6.18 Å². The molecule has 1 aliphatic rings. The topological polar surface area (TPSA) is 28.6 Å². The smallest absolute Gasteiger partial charge is 0.416 e. The van der Waals surface area contributed by atoms with Gasteiger partial charge < -0.3 is 14.5 Å². The zero-order valence-corrected chi connectivity index (χ0v) is 12.9. The van der Waals surface area contributed by atoms with E-state index >= 15 is 0 Å². The molecule has 122 valence electrons. The summed E-state index contributed by atoms with van der Waals surface area (Å²) >= 11 is 0. The summed E-state index contributed by atoms with van der Waals surface area (Å²) in [6.45, 7) is 0. The van der Waals surface area contributed by atoms with Crippen molar-refractivity contribution in [1.29, 1.82) is 0 Å². The molecule has 0 radical (unpaired) electrons. The van der Waals surface area contributed by atoms with Crippen molar-refractivity contribution in [2.45, 2.75) is 12.3 Å². The molecule has 1 aliphatic heterocycles. The van der Waals surface area contributed by atoms with E-state index in [4.69, 9.17) is 4.74 Å². The second-order valence-corrected chi connectivity index (χ2v) is 5.41. The largest absolute Gasteiger partial charge is 0.495 e. The number of halogens is 3. The molecule has 0 saturated heterocycles. The van der Waals surface area contributed by atoms with Gasteiger partial charge in [0.15, 0.2) is 0 Å². The molecule has 3 rings (SSSR count). The van der Waals surface area contributed by atoms with Crippen molar-refractivity contribution in [2.75, 3.05) is 31.0 Å². The van der Waals surface area contributed by atoms with E-state index in [0.717, 1.165) is 17.3 Å². The number of hydrogen-bond acceptors (Lipinski definition) is 4. The monoisotopic (exact) mass is 323 g/mol. The molecule has 0 fully saturated rings. The molecule has 2 aromatic rings. The van der Waals surface area contributed by atoms with E-state index in [-0.39, 0.29) is 6.17 Å². The summed E-state index contributed by atoms with van der Waals surface area (Å²) in [5.74, 6) is 0.597. The molecule has 0 bridgehead atoms. The quantitative estimate of drug-likeness (QED) is 0.843. The van der Waals surface area contributed by atoms with Gasteiger partial charge in [-0.15, -0.1) is 0 Å². The van der Waals surface area contributed by atoms with Crippen molar-refractivity contribution in [1.82, 2.24) is 4.98 Å². The summed E-state index contributed by atoms with van der Waals surface area (Å²) in [7, 11) is 5.16. The Bertz CT molecular complexity index is 733. The summed E-state index contributed by atoms with van der Waals surface area (Å²) in [4.78, 5) is 7.75. The van der Waals surface area contributed by atoms with E-state index in [1.807, 2.05) is 22.9 Å². The van der Waals surface area contributed by atoms with E-state index in [2.05, 4.69) is 4.98 Å². The SMILES string of the molecule is COc1cnccc1C1N(C)c2ccc(C(F)(F)F)cc2N1C. The first-order valence-electron chi connectivity index (χ1n) is 6.99. The summed E-state index contributed by atoms with van der Waals surface area (Å²) in [6.07, 6.45) is -1.38. The third-order valence-electron chi connectivity index (χ3n) is 4.11. The van der Waals surface area contributed by atoms with Crippen LogP contribution in [0.1, 0.15) is 17.3 Å².